The Labute approximate surface area is 140 Å². The van der Waals surface area contributed by atoms with Gasteiger partial charge >= 0.3 is 0 Å². The predicted octanol–water partition coefficient (Wildman–Crippen LogP) is 4.09. The number of pyridine rings is 1. The molecule has 0 unspecified atom stereocenters. The fourth-order valence-electron chi connectivity index (χ4n) is 2.82. The van der Waals surface area contributed by atoms with E-state index >= 15 is 0 Å². The largest absolute Gasteiger partial charge is 0.359 e. The molecule has 2 aromatic heterocycles. The molecule has 0 bridgehead atoms. The van der Waals surface area contributed by atoms with Crippen LogP contribution < -0.4 is 5.32 Å². The quantitative estimate of drug-likeness (QED) is 0.764. The number of nitrogens with zero attached hydrogens (tertiary/aromatic N) is 3. The van der Waals surface area contributed by atoms with Gasteiger partial charge < -0.3 is 10.3 Å². The molecule has 0 saturated carbocycles. The van der Waals surface area contributed by atoms with Crippen molar-refractivity contribution >= 4 is 22.4 Å². The first-order valence-corrected chi connectivity index (χ1v) is 8.09. The number of anilines is 1. The number of aromatic nitrogens is 3. The third-order valence-corrected chi connectivity index (χ3v) is 4.07. The average molecular weight is 317 g/mol. The molecule has 0 aliphatic carbocycles. The van der Waals surface area contributed by atoms with Crippen LogP contribution in [0.15, 0.2) is 53.3 Å². The lowest BCUT2D eigenvalue weighted by Gasteiger charge is -2.13. The second kappa shape index (κ2) is 5.92. The standard InChI is InChI=1S/C19H19N5/c1-12-3-5-17(21-11-12)19-23-16-6-4-14(10-18(16)24-19)22-15-7-8-20-13(2)9-15/h3-6,9-11,22H,7-8H2,1-2H3,(H,23,24). The first kappa shape index (κ1) is 14.6. The van der Waals surface area contributed by atoms with Gasteiger partial charge in [-0.1, -0.05) is 6.07 Å². The van der Waals surface area contributed by atoms with Crippen LogP contribution in [0.3, 0.4) is 0 Å². The lowest BCUT2D eigenvalue weighted by Crippen LogP contribution is -2.08. The molecule has 2 N–H and O–H groups in total. The maximum atomic E-state index is 4.68. The van der Waals surface area contributed by atoms with E-state index < -0.39 is 0 Å². The molecule has 0 fully saturated rings. The van der Waals surface area contributed by atoms with Gasteiger partial charge in [0, 0.05) is 36.3 Å². The molecule has 0 radical (unpaired) electrons. The molecule has 1 aliphatic heterocycles. The number of fused-ring (bicyclic) bond motifs is 1. The van der Waals surface area contributed by atoms with Crippen molar-refractivity contribution in [3.63, 3.8) is 0 Å². The summed E-state index contributed by atoms with van der Waals surface area (Å²) < 4.78 is 0. The summed E-state index contributed by atoms with van der Waals surface area (Å²) in [5, 5.41) is 3.47. The van der Waals surface area contributed by atoms with Crippen molar-refractivity contribution in [1.82, 2.24) is 15.0 Å². The maximum absolute atomic E-state index is 4.68. The number of aromatic amines is 1. The van der Waals surface area contributed by atoms with Crippen LogP contribution in [-0.4, -0.2) is 27.2 Å². The van der Waals surface area contributed by atoms with E-state index in [4.69, 9.17) is 0 Å². The predicted molar refractivity (Wildman–Crippen MR) is 98.4 cm³/mol. The zero-order valence-corrected chi connectivity index (χ0v) is 13.8. The molecule has 120 valence electrons. The van der Waals surface area contributed by atoms with Crippen LogP contribution in [0.4, 0.5) is 5.69 Å². The number of H-pyrrole nitrogens is 1. The fourth-order valence-corrected chi connectivity index (χ4v) is 2.82. The first-order valence-electron chi connectivity index (χ1n) is 8.09. The van der Waals surface area contributed by atoms with E-state index in [0.29, 0.717) is 0 Å². The Morgan fingerprint density at radius 1 is 1.12 bits per heavy atom. The highest BCUT2D eigenvalue weighted by Gasteiger charge is 2.09. The van der Waals surface area contributed by atoms with Crippen LogP contribution in [0.2, 0.25) is 0 Å². The number of aryl methyl sites for hydroxylation is 1. The Bertz CT molecular complexity index is 948. The van der Waals surface area contributed by atoms with Crippen LogP contribution in [-0.2, 0) is 0 Å². The molecule has 0 saturated heterocycles. The van der Waals surface area contributed by atoms with Crippen molar-refractivity contribution < 1.29 is 0 Å². The summed E-state index contributed by atoms with van der Waals surface area (Å²) >= 11 is 0. The number of rotatable bonds is 3. The molecule has 1 aliphatic rings. The van der Waals surface area contributed by atoms with Gasteiger partial charge in [0.05, 0.1) is 11.0 Å². The zero-order valence-electron chi connectivity index (χ0n) is 13.8. The third kappa shape index (κ3) is 2.93. The molecule has 4 rings (SSSR count). The Kier molecular flexibility index (Phi) is 3.61. The third-order valence-electron chi connectivity index (χ3n) is 4.07. The van der Waals surface area contributed by atoms with Crippen molar-refractivity contribution in [2.75, 3.05) is 11.9 Å². The van der Waals surface area contributed by atoms with Crippen molar-refractivity contribution in [2.24, 2.45) is 4.99 Å². The number of nitrogens with one attached hydrogen (secondary N) is 2. The number of hydrogen-bond donors (Lipinski definition) is 2. The van der Waals surface area contributed by atoms with Gasteiger partial charge in [-0.2, -0.15) is 0 Å². The monoisotopic (exact) mass is 317 g/mol. The van der Waals surface area contributed by atoms with E-state index in [9.17, 15) is 0 Å². The Morgan fingerprint density at radius 2 is 2.04 bits per heavy atom. The summed E-state index contributed by atoms with van der Waals surface area (Å²) in [5.74, 6) is 0.794. The van der Waals surface area contributed by atoms with Crippen LogP contribution in [0.25, 0.3) is 22.6 Å². The average Bonchev–Trinajstić information content (AvgIpc) is 2.99. The van der Waals surface area contributed by atoms with E-state index in [1.807, 2.05) is 38.2 Å². The number of allylic oxidation sites excluding steroid dienone is 1. The lowest BCUT2D eigenvalue weighted by molar-refractivity contribution is 0.938. The highest BCUT2D eigenvalue weighted by atomic mass is 15.0. The summed E-state index contributed by atoms with van der Waals surface area (Å²) in [4.78, 5) is 16.8. The van der Waals surface area contributed by atoms with Gasteiger partial charge in [-0.15, -0.1) is 0 Å². The molecule has 3 aromatic rings. The first-order chi connectivity index (χ1) is 11.7. The van der Waals surface area contributed by atoms with Crippen LogP contribution in [0.5, 0.6) is 0 Å². The van der Waals surface area contributed by atoms with E-state index in [-0.39, 0.29) is 0 Å². The summed E-state index contributed by atoms with van der Waals surface area (Å²) in [6.07, 6.45) is 4.89. The maximum Gasteiger partial charge on any atom is 0.157 e. The van der Waals surface area contributed by atoms with E-state index in [2.05, 4.69) is 43.5 Å². The van der Waals surface area contributed by atoms with Crippen LogP contribution in [0.1, 0.15) is 18.9 Å². The zero-order chi connectivity index (χ0) is 16.5. The van der Waals surface area contributed by atoms with Crippen molar-refractivity contribution in [3.05, 3.63) is 53.9 Å². The summed E-state index contributed by atoms with van der Waals surface area (Å²) in [6.45, 7) is 4.90. The van der Waals surface area contributed by atoms with Gasteiger partial charge in [-0.3, -0.25) is 9.98 Å². The molecule has 5 heteroatoms. The molecular weight excluding hydrogens is 298 g/mol. The molecular formula is C19H19N5. The summed E-state index contributed by atoms with van der Waals surface area (Å²) in [7, 11) is 0. The van der Waals surface area contributed by atoms with Crippen LogP contribution >= 0.6 is 0 Å². The number of imidazole rings is 1. The number of benzene rings is 1. The SMILES string of the molecule is CC1=NCCC(Nc2ccc3[nH]c(-c4ccc(C)cn4)nc3c2)=C1. The highest BCUT2D eigenvalue weighted by molar-refractivity contribution is 5.94. The topological polar surface area (TPSA) is 66.0 Å². The molecule has 0 amide bonds. The van der Waals surface area contributed by atoms with Gasteiger partial charge in [0.2, 0.25) is 0 Å². The number of hydrogen-bond acceptors (Lipinski definition) is 4. The second-order valence-corrected chi connectivity index (χ2v) is 6.11. The van der Waals surface area contributed by atoms with Crippen molar-refractivity contribution in [1.29, 1.82) is 0 Å². The Balaban J connectivity index is 1.64. The van der Waals surface area contributed by atoms with Gasteiger partial charge in [-0.25, -0.2) is 4.98 Å². The van der Waals surface area contributed by atoms with Crippen molar-refractivity contribution in [3.8, 4) is 11.5 Å². The Hall–Kier alpha value is -2.95. The molecule has 0 atom stereocenters. The summed E-state index contributed by atoms with van der Waals surface area (Å²) in [5.41, 5.74) is 7.23. The minimum atomic E-state index is 0.794. The normalized spacial score (nSPS) is 14.4. The van der Waals surface area contributed by atoms with Gasteiger partial charge in [-0.05, 0) is 49.8 Å². The lowest BCUT2D eigenvalue weighted by atomic mass is 10.2. The number of dihydropyridines is 1. The number of aliphatic imine (C=N–C) groups is 1. The van der Waals surface area contributed by atoms with Crippen molar-refractivity contribution in [2.45, 2.75) is 20.3 Å². The minimum absolute atomic E-state index is 0.794. The highest BCUT2D eigenvalue weighted by Crippen LogP contribution is 2.23. The molecule has 0 spiro atoms. The fraction of sp³-hybridized carbons (Fsp3) is 0.211. The van der Waals surface area contributed by atoms with Crippen LogP contribution in [0, 0.1) is 6.92 Å². The van der Waals surface area contributed by atoms with Gasteiger partial charge in [0.25, 0.3) is 0 Å². The smallest absolute Gasteiger partial charge is 0.157 e. The van der Waals surface area contributed by atoms with Gasteiger partial charge in [0.15, 0.2) is 5.82 Å². The Morgan fingerprint density at radius 3 is 2.83 bits per heavy atom. The van der Waals surface area contributed by atoms with E-state index in [1.54, 1.807) is 0 Å². The molecule has 3 heterocycles. The molecule has 1 aromatic carbocycles. The van der Waals surface area contributed by atoms with Gasteiger partial charge in [0.1, 0.15) is 5.69 Å². The second-order valence-electron chi connectivity index (χ2n) is 6.11. The van der Waals surface area contributed by atoms with E-state index in [1.165, 1.54) is 5.70 Å². The van der Waals surface area contributed by atoms with E-state index in [0.717, 1.165) is 52.5 Å². The summed E-state index contributed by atoms with van der Waals surface area (Å²) in [6, 6.07) is 10.2. The minimum Gasteiger partial charge on any atom is -0.359 e. The molecule has 24 heavy (non-hydrogen) atoms. The molecule has 5 nitrogen and oxygen atoms in total.